The molecule has 0 atom stereocenters. The molecule has 140 valence electrons. The van der Waals surface area contributed by atoms with E-state index in [1.807, 2.05) is 83.1 Å². The lowest BCUT2D eigenvalue weighted by atomic mass is 9.95. The molecule has 27 heavy (non-hydrogen) atoms. The Hall–Kier alpha value is -2.59. The second-order valence-electron chi connectivity index (χ2n) is 6.97. The van der Waals surface area contributed by atoms with Gasteiger partial charge in [0.1, 0.15) is 0 Å². The van der Waals surface area contributed by atoms with Gasteiger partial charge in [0, 0.05) is 5.56 Å². The second-order valence-corrected chi connectivity index (χ2v) is 8.59. The van der Waals surface area contributed by atoms with Gasteiger partial charge < -0.3 is 0 Å². The van der Waals surface area contributed by atoms with Crippen molar-refractivity contribution in [1.82, 2.24) is 0 Å². The Morgan fingerprint density at radius 3 is 1.70 bits per heavy atom. The van der Waals surface area contributed by atoms with Crippen LogP contribution in [0.3, 0.4) is 0 Å². The third-order valence-corrected chi connectivity index (χ3v) is 7.09. The van der Waals surface area contributed by atoms with Crippen LogP contribution < -0.4 is 4.72 Å². The molecule has 3 aromatic carbocycles. The van der Waals surface area contributed by atoms with Gasteiger partial charge in [-0.25, -0.2) is 8.42 Å². The van der Waals surface area contributed by atoms with E-state index in [1.165, 1.54) is 0 Å². The fraction of sp³-hybridized carbons (Fsp3) is 0.217. The molecule has 3 rings (SSSR count). The molecule has 0 heterocycles. The van der Waals surface area contributed by atoms with E-state index in [9.17, 15) is 8.42 Å². The predicted octanol–water partition coefficient (Wildman–Crippen LogP) is 5.70. The van der Waals surface area contributed by atoms with Crippen molar-refractivity contribution in [2.45, 2.75) is 39.5 Å². The molecule has 0 aliphatic rings. The molecule has 0 aromatic heterocycles. The maximum absolute atomic E-state index is 13.3. The molecule has 0 amide bonds. The van der Waals surface area contributed by atoms with Crippen molar-refractivity contribution >= 4 is 15.7 Å². The average molecular weight is 380 g/mol. The van der Waals surface area contributed by atoms with E-state index in [-0.39, 0.29) is 0 Å². The monoisotopic (exact) mass is 379 g/mol. The summed E-state index contributed by atoms with van der Waals surface area (Å²) >= 11 is 0. The first kappa shape index (κ1) is 19.2. The summed E-state index contributed by atoms with van der Waals surface area (Å²) in [6, 6.07) is 17.3. The maximum atomic E-state index is 13.3. The highest BCUT2D eigenvalue weighted by atomic mass is 32.2. The van der Waals surface area contributed by atoms with Crippen molar-refractivity contribution in [3.05, 3.63) is 82.4 Å². The zero-order valence-corrected chi connectivity index (χ0v) is 17.2. The number of hydrogen-bond donors (Lipinski definition) is 1. The minimum atomic E-state index is -3.72. The predicted molar refractivity (Wildman–Crippen MR) is 113 cm³/mol. The van der Waals surface area contributed by atoms with Crippen LogP contribution in [-0.2, 0) is 10.0 Å². The maximum Gasteiger partial charge on any atom is 0.262 e. The summed E-state index contributed by atoms with van der Waals surface area (Å²) in [4.78, 5) is 0.381. The van der Waals surface area contributed by atoms with Crippen LogP contribution in [0, 0.1) is 34.6 Å². The molecule has 0 saturated heterocycles. The highest BCUT2D eigenvalue weighted by Gasteiger charge is 2.24. The van der Waals surface area contributed by atoms with Crippen LogP contribution >= 0.6 is 0 Å². The van der Waals surface area contributed by atoms with Crippen LogP contribution in [0.2, 0.25) is 0 Å². The molecule has 0 bridgehead atoms. The molecule has 0 radical (unpaired) electrons. The lowest BCUT2D eigenvalue weighted by Crippen LogP contribution is -2.18. The number of nitrogens with one attached hydrogen (secondary N) is 1. The molecular formula is C23H25NO2S. The molecule has 0 saturated carbocycles. The normalized spacial score (nSPS) is 11.4. The van der Waals surface area contributed by atoms with E-state index in [1.54, 1.807) is 6.07 Å². The Kier molecular flexibility index (Phi) is 5.11. The van der Waals surface area contributed by atoms with E-state index < -0.39 is 10.0 Å². The zero-order chi connectivity index (χ0) is 19.8. The Morgan fingerprint density at radius 2 is 1.11 bits per heavy atom. The van der Waals surface area contributed by atoms with Gasteiger partial charge in [0.25, 0.3) is 10.0 Å². The smallest absolute Gasteiger partial charge is 0.262 e. The number of para-hydroxylation sites is 1. The third kappa shape index (κ3) is 3.50. The van der Waals surface area contributed by atoms with Crippen LogP contribution in [0.4, 0.5) is 5.69 Å². The van der Waals surface area contributed by atoms with Gasteiger partial charge in [0.2, 0.25) is 0 Å². The van der Waals surface area contributed by atoms with Crippen molar-refractivity contribution in [2.75, 3.05) is 4.72 Å². The van der Waals surface area contributed by atoms with E-state index in [0.29, 0.717) is 10.6 Å². The number of hydrogen-bond acceptors (Lipinski definition) is 2. The highest BCUT2D eigenvalue weighted by Crippen LogP contribution is 2.33. The van der Waals surface area contributed by atoms with Gasteiger partial charge in [-0.15, -0.1) is 0 Å². The summed E-state index contributed by atoms with van der Waals surface area (Å²) in [5.74, 6) is 0. The first-order chi connectivity index (χ1) is 12.7. The van der Waals surface area contributed by atoms with Gasteiger partial charge in [-0.05, 0) is 74.1 Å². The minimum absolute atomic E-state index is 0.381. The van der Waals surface area contributed by atoms with E-state index in [4.69, 9.17) is 0 Å². The fourth-order valence-electron chi connectivity index (χ4n) is 3.51. The lowest BCUT2D eigenvalue weighted by Gasteiger charge is -2.20. The van der Waals surface area contributed by atoms with Gasteiger partial charge in [0.05, 0.1) is 10.6 Å². The first-order valence-corrected chi connectivity index (χ1v) is 10.5. The summed E-state index contributed by atoms with van der Waals surface area (Å²) in [5, 5.41) is 0. The molecule has 0 aliphatic heterocycles. The number of rotatable bonds is 4. The van der Waals surface area contributed by atoms with E-state index >= 15 is 0 Å². The molecular weight excluding hydrogens is 354 g/mol. The van der Waals surface area contributed by atoms with Crippen molar-refractivity contribution in [3.8, 4) is 11.1 Å². The van der Waals surface area contributed by atoms with Crippen molar-refractivity contribution in [2.24, 2.45) is 0 Å². The summed E-state index contributed by atoms with van der Waals surface area (Å²) in [5.41, 5.74) is 7.22. The van der Waals surface area contributed by atoms with Crippen LogP contribution in [-0.4, -0.2) is 8.42 Å². The molecule has 4 heteroatoms. The summed E-state index contributed by atoms with van der Waals surface area (Å²) in [6.45, 7) is 9.76. The molecule has 0 spiro atoms. The Bertz CT molecular complexity index is 1070. The van der Waals surface area contributed by atoms with Crippen LogP contribution in [0.1, 0.15) is 27.8 Å². The number of benzene rings is 3. The summed E-state index contributed by atoms with van der Waals surface area (Å²) < 4.78 is 29.5. The van der Waals surface area contributed by atoms with Gasteiger partial charge >= 0.3 is 0 Å². The number of anilines is 1. The Labute approximate surface area is 162 Å². The lowest BCUT2D eigenvalue weighted by molar-refractivity contribution is 0.599. The fourth-order valence-corrected chi connectivity index (χ4v) is 5.19. The van der Waals surface area contributed by atoms with Gasteiger partial charge in [-0.3, -0.25) is 4.72 Å². The Balaban J connectivity index is 2.13. The quantitative estimate of drug-likeness (QED) is 0.632. The van der Waals surface area contributed by atoms with Gasteiger partial charge in [0.15, 0.2) is 0 Å². The van der Waals surface area contributed by atoms with Crippen molar-refractivity contribution in [3.63, 3.8) is 0 Å². The topological polar surface area (TPSA) is 46.2 Å². The first-order valence-electron chi connectivity index (χ1n) is 8.98. The Morgan fingerprint density at radius 1 is 0.630 bits per heavy atom. The third-order valence-electron chi connectivity index (χ3n) is 5.46. The van der Waals surface area contributed by atoms with Gasteiger partial charge in [-0.2, -0.15) is 0 Å². The van der Waals surface area contributed by atoms with E-state index in [0.717, 1.165) is 38.9 Å². The molecule has 0 fully saturated rings. The van der Waals surface area contributed by atoms with Crippen molar-refractivity contribution < 1.29 is 8.42 Å². The largest absolute Gasteiger partial charge is 0.279 e. The number of sulfonamides is 1. The molecule has 3 aromatic rings. The minimum Gasteiger partial charge on any atom is -0.279 e. The highest BCUT2D eigenvalue weighted by molar-refractivity contribution is 7.92. The van der Waals surface area contributed by atoms with Crippen LogP contribution in [0.15, 0.2) is 59.5 Å². The van der Waals surface area contributed by atoms with Crippen LogP contribution in [0.25, 0.3) is 11.1 Å². The SMILES string of the molecule is Cc1c(C)c(C)c(S(=O)(=O)Nc2ccccc2-c2ccccc2)c(C)c1C. The van der Waals surface area contributed by atoms with Crippen LogP contribution in [0.5, 0.6) is 0 Å². The molecule has 3 nitrogen and oxygen atoms in total. The molecule has 0 aliphatic carbocycles. The zero-order valence-electron chi connectivity index (χ0n) is 16.4. The molecule has 1 N–H and O–H groups in total. The summed E-state index contributed by atoms with van der Waals surface area (Å²) in [7, 11) is -3.72. The average Bonchev–Trinajstić information content (AvgIpc) is 2.65. The molecule has 0 unspecified atom stereocenters. The summed E-state index contributed by atoms with van der Waals surface area (Å²) in [6.07, 6.45) is 0. The van der Waals surface area contributed by atoms with Crippen molar-refractivity contribution in [1.29, 1.82) is 0 Å². The van der Waals surface area contributed by atoms with E-state index in [2.05, 4.69) is 4.72 Å². The second kappa shape index (κ2) is 7.20. The standard InChI is InChI=1S/C23H25NO2S/c1-15-16(2)18(4)23(19(5)17(15)3)27(25,26)24-22-14-10-9-13-21(22)20-11-7-6-8-12-20/h6-14,24H,1-5H3. The van der Waals surface area contributed by atoms with Gasteiger partial charge in [-0.1, -0.05) is 48.5 Å².